The molecule has 1 nitrogen and oxygen atoms in total. The molecule has 1 saturated carbocycles. The molecule has 0 N–H and O–H groups in total. The van der Waals surface area contributed by atoms with Crippen LogP contribution in [0, 0.1) is 48.5 Å². The monoisotopic (exact) mass is 678 g/mol. The van der Waals surface area contributed by atoms with E-state index < -0.39 is 0 Å². The van der Waals surface area contributed by atoms with Gasteiger partial charge in [0.2, 0.25) is 0 Å². The van der Waals surface area contributed by atoms with Gasteiger partial charge in [0.15, 0.2) is 0 Å². The van der Waals surface area contributed by atoms with E-state index in [1.807, 2.05) is 36.4 Å². The van der Waals surface area contributed by atoms with Crippen molar-refractivity contribution >= 4 is 0 Å². The molecule has 28 heavy (non-hydrogen) atoms. The summed E-state index contributed by atoms with van der Waals surface area (Å²) in [6.45, 7) is 0. The van der Waals surface area contributed by atoms with E-state index in [1.54, 1.807) is 0 Å². The average Bonchev–Trinajstić information content (AvgIpc) is 2.58. The summed E-state index contributed by atoms with van der Waals surface area (Å²) in [7, 11) is 9.75. The topological polar surface area (TPSA) is 3.24 Å². The summed E-state index contributed by atoms with van der Waals surface area (Å²) in [5.74, 6) is 0. The summed E-state index contributed by atoms with van der Waals surface area (Å²) < 4.78 is 0. The van der Waals surface area contributed by atoms with Crippen LogP contribution in [0.4, 0.5) is 0 Å². The van der Waals surface area contributed by atoms with Crippen LogP contribution in [0.25, 0.3) is 11.1 Å². The van der Waals surface area contributed by atoms with Gasteiger partial charge < -0.3 is 47.3 Å². The van der Waals surface area contributed by atoms with Gasteiger partial charge in [0.1, 0.15) is 0 Å². The zero-order valence-corrected chi connectivity index (χ0v) is 29.0. The molecule has 0 spiro atoms. The first kappa shape index (κ1) is 44.5. The molecule has 0 aliphatic heterocycles. The summed E-state index contributed by atoms with van der Waals surface area (Å²) in [5.41, 5.74) is 2.47. The molecule has 0 unspecified atom stereocenters. The normalized spacial score (nSPS) is 10.6. The van der Waals surface area contributed by atoms with E-state index in [2.05, 4.69) is 51.8 Å². The molecular formula is C23H32NY4-7. The number of nitrogens with zero attached hydrogens (tertiary/aromatic N) is 1. The van der Waals surface area contributed by atoms with Crippen molar-refractivity contribution in [1.29, 1.82) is 0 Å². The Hall–Kier alpha value is 2.82. The Labute approximate surface area is 277 Å². The molecule has 0 saturated heterocycles. The molecule has 0 atom stereocenters. The van der Waals surface area contributed by atoms with Gasteiger partial charge >= 0.3 is 0 Å². The number of hydrogen-bond donors (Lipinski definition) is 0. The van der Waals surface area contributed by atoms with Gasteiger partial charge in [-0.1, -0.05) is 55.2 Å². The predicted octanol–water partition coefficient (Wildman–Crippen LogP) is 6.86. The van der Waals surface area contributed by atoms with E-state index in [9.17, 15) is 0 Å². The fraction of sp³-hybridized carbons (Fsp3) is 0.217. The largest absolute Gasteiger partial charge is 0.770 e. The van der Waals surface area contributed by atoms with Crippen molar-refractivity contribution in [2.24, 2.45) is 0 Å². The SMILES string of the molecule is [CH-]1CCCCC1.[CH2-]N([CH2-])[CH2-].[CH3-].[CH3-].[Y].[Y].[Y].[Y].[c-]1cccc(-c2ccccc2)c1. The molecule has 148 valence electrons. The van der Waals surface area contributed by atoms with Gasteiger partial charge in [0.25, 0.3) is 0 Å². The first-order valence-corrected chi connectivity index (χ1v) is 7.75. The summed E-state index contributed by atoms with van der Waals surface area (Å²) >= 11 is 0. The number of rotatable bonds is 1. The Morgan fingerprint density at radius 3 is 1.50 bits per heavy atom. The van der Waals surface area contributed by atoms with Crippen molar-refractivity contribution in [3.8, 4) is 11.1 Å². The Morgan fingerprint density at radius 1 is 0.714 bits per heavy atom. The van der Waals surface area contributed by atoms with Gasteiger partial charge in [-0.3, -0.25) is 0 Å². The van der Waals surface area contributed by atoms with Crippen molar-refractivity contribution in [2.45, 2.75) is 32.1 Å². The minimum Gasteiger partial charge on any atom is -0.770 e. The van der Waals surface area contributed by atoms with Crippen LogP contribution in [0.15, 0.2) is 54.6 Å². The fourth-order valence-electron chi connectivity index (χ4n) is 2.10. The molecule has 1 aliphatic rings. The molecule has 0 heterocycles. The second kappa shape index (κ2) is 32.0. The maximum Gasteiger partial charge on any atom is 0 e. The molecule has 0 amide bonds. The van der Waals surface area contributed by atoms with Crippen LogP contribution >= 0.6 is 0 Å². The minimum atomic E-state index is 0. The molecule has 3 rings (SSSR count). The van der Waals surface area contributed by atoms with Gasteiger partial charge in [-0.05, 0) is 0 Å². The number of hydrogen-bond acceptors (Lipinski definition) is 1. The zero-order chi connectivity index (χ0) is 16.0. The smallest absolute Gasteiger partial charge is 0 e. The summed E-state index contributed by atoms with van der Waals surface area (Å²) in [6, 6.07) is 21.4. The molecular weight excluding hydrogens is 646 g/mol. The predicted molar refractivity (Wildman–Crippen MR) is 109 cm³/mol. The van der Waals surface area contributed by atoms with Crippen molar-refractivity contribution in [1.82, 2.24) is 4.90 Å². The quantitative estimate of drug-likeness (QED) is 0.298. The van der Waals surface area contributed by atoms with E-state index in [4.69, 9.17) is 0 Å². The van der Waals surface area contributed by atoms with Gasteiger partial charge in [-0.2, -0.15) is 43.2 Å². The van der Waals surface area contributed by atoms with E-state index >= 15 is 0 Å². The van der Waals surface area contributed by atoms with Gasteiger partial charge in [0.05, 0.1) is 0 Å². The van der Waals surface area contributed by atoms with Crippen LogP contribution in [-0.2, 0) is 131 Å². The van der Waals surface area contributed by atoms with E-state index in [0.29, 0.717) is 0 Å². The maximum atomic E-state index is 3.25. The van der Waals surface area contributed by atoms with Crippen molar-refractivity contribution in [3.63, 3.8) is 0 Å². The van der Waals surface area contributed by atoms with Crippen LogP contribution in [-0.4, -0.2) is 4.90 Å². The van der Waals surface area contributed by atoms with Crippen LogP contribution in [0.3, 0.4) is 0 Å². The summed E-state index contributed by atoms with van der Waals surface area (Å²) in [4.78, 5) is 1.25. The Balaban J connectivity index is -0.0000000666. The summed E-state index contributed by atoms with van der Waals surface area (Å²) in [5, 5.41) is 0. The molecule has 5 heteroatoms. The van der Waals surface area contributed by atoms with Crippen molar-refractivity contribution in [2.75, 3.05) is 0 Å². The first-order chi connectivity index (χ1) is 10.7. The van der Waals surface area contributed by atoms with Crippen LogP contribution in [0.1, 0.15) is 32.1 Å². The minimum absolute atomic E-state index is 0. The maximum absolute atomic E-state index is 3.25. The Morgan fingerprint density at radius 2 is 1.18 bits per heavy atom. The van der Waals surface area contributed by atoms with Gasteiger partial charge in [0, 0.05) is 131 Å². The van der Waals surface area contributed by atoms with Crippen molar-refractivity contribution in [3.05, 3.63) is 103 Å². The summed E-state index contributed by atoms with van der Waals surface area (Å²) in [6.07, 6.45) is 9.50. The van der Waals surface area contributed by atoms with E-state index in [-0.39, 0.29) is 146 Å². The molecule has 0 aromatic heterocycles. The molecule has 2 aromatic rings. The third-order valence-electron chi connectivity index (χ3n) is 3.13. The molecule has 1 fully saturated rings. The van der Waals surface area contributed by atoms with Crippen LogP contribution in [0.5, 0.6) is 0 Å². The van der Waals surface area contributed by atoms with Gasteiger partial charge in [-0.15, -0.1) is 5.56 Å². The van der Waals surface area contributed by atoms with E-state index in [1.165, 1.54) is 48.1 Å². The first-order valence-electron chi connectivity index (χ1n) is 7.75. The molecule has 4 radical (unpaired) electrons. The average molecular weight is 678 g/mol. The standard InChI is InChI=1S/C12H9.C6H11.C3H6N.2CH3.4Y/c1-3-7-11(8-4-1)12-9-5-2-6-10-12;1-2-4-6-5-3-1;1-4(2)3;;;;;;/h1-5,7-10H;1H,2-6H2;1-3H2;2*1H3;;;;/q2*-1;-3;2*-1;;;;. The molecule has 1 aliphatic carbocycles. The third kappa shape index (κ3) is 26.9. The Bertz CT molecular complexity index is 423. The van der Waals surface area contributed by atoms with Gasteiger partial charge in [-0.25, -0.2) is 0 Å². The van der Waals surface area contributed by atoms with Crippen molar-refractivity contribution < 1.29 is 131 Å². The zero-order valence-electron chi connectivity index (χ0n) is 17.7. The third-order valence-corrected chi connectivity index (χ3v) is 3.13. The second-order valence-corrected chi connectivity index (χ2v) is 5.26. The van der Waals surface area contributed by atoms with Crippen LogP contribution in [0.2, 0.25) is 0 Å². The number of benzene rings is 2. The molecule has 2 aromatic carbocycles. The molecule has 0 bridgehead atoms. The van der Waals surface area contributed by atoms with Crippen LogP contribution < -0.4 is 0 Å². The second-order valence-electron chi connectivity index (χ2n) is 5.26. The Kier molecular flexibility index (Phi) is 50.8. The van der Waals surface area contributed by atoms with E-state index in [0.717, 1.165) is 0 Å². The fourth-order valence-corrected chi connectivity index (χ4v) is 2.10.